The maximum atomic E-state index is 3.69. The number of fused-ring (bicyclic) bond motifs is 1. The molecule has 0 amide bonds. The minimum absolute atomic E-state index is 0.689. The smallest absolute Gasteiger partial charge is 0.0376 e. The van der Waals surface area contributed by atoms with Crippen LogP contribution in [0.3, 0.4) is 0 Å². The molecule has 0 saturated heterocycles. The average Bonchev–Trinajstić information content (AvgIpc) is 3.23. The van der Waals surface area contributed by atoms with Crippen LogP contribution in [0.1, 0.15) is 37.7 Å². The van der Waals surface area contributed by atoms with Crippen LogP contribution in [0.4, 0.5) is 5.69 Å². The molecule has 1 heterocycles. The number of rotatable bonds is 5. The van der Waals surface area contributed by atoms with Crippen LogP contribution in [-0.4, -0.2) is 19.6 Å². The molecule has 1 saturated carbocycles. The molecule has 18 heavy (non-hydrogen) atoms. The third-order valence-electron chi connectivity index (χ3n) is 4.49. The second-order valence-corrected chi connectivity index (χ2v) is 5.97. The number of nitrogens with one attached hydrogen (secondary N) is 2. The Hall–Kier alpha value is -1.02. The lowest BCUT2D eigenvalue weighted by Gasteiger charge is -2.27. The third-order valence-corrected chi connectivity index (χ3v) is 4.49. The summed E-state index contributed by atoms with van der Waals surface area (Å²) in [6.07, 6.45) is 4.17. The molecule has 2 atom stereocenters. The van der Waals surface area contributed by atoms with Crippen LogP contribution >= 0.6 is 0 Å². The summed E-state index contributed by atoms with van der Waals surface area (Å²) in [7, 11) is 0. The fourth-order valence-electron chi connectivity index (χ4n) is 3.08. The predicted molar refractivity (Wildman–Crippen MR) is 77.0 cm³/mol. The van der Waals surface area contributed by atoms with Gasteiger partial charge < -0.3 is 10.6 Å². The van der Waals surface area contributed by atoms with Crippen molar-refractivity contribution >= 4 is 5.69 Å². The lowest BCUT2D eigenvalue weighted by molar-refractivity contribution is 0.442. The van der Waals surface area contributed by atoms with Gasteiger partial charge in [-0.3, -0.25) is 0 Å². The monoisotopic (exact) mass is 244 g/mol. The van der Waals surface area contributed by atoms with Crippen molar-refractivity contribution in [2.24, 2.45) is 11.8 Å². The zero-order chi connectivity index (χ0) is 12.4. The molecule has 3 rings (SSSR count). The second kappa shape index (κ2) is 5.31. The summed E-state index contributed by atoms with van der Waals surface area (Å²) in [5, 5.41) is 7.18. The first-order valence-electron chi connectivity index (χ1n) is 7.38. The fourth-order valence-corrected chi connectivity index (χ4v) is 3.08. The van der Waals surface area contributed by atoms with Crippen molar-refractivity contribution in [3.05, 3.63) is 29.8 Å². The lowest BCUT2D eigenvalue weighted by Crippen LogP contribution is -2.30. The molecule has 2 N–H and O–H groups in total. The fraction of sp³-hybridized carbons (Fsp3) is 0.625. The van der Waals surface area contributed by atoms with Gasteiger partial charge in [-0.15, -0.1) is 0 Å². The Morgan fingerprint density at radius 1 is 1.28 bits per heavy atom. The van der Waals surface area contributed by atoms with Gasteiger partial charge in [0, 0.05) is 24.7 Å². The van der Waals surface area contributed by atoms with E-state index in [1.807, 2.05) is 0 Å². The van der Waals surface area contributed by atoms with Gasteiger partial charge in [0.05, 0.1) is 0 Å². The maximum Gasteiger partial charge on any atom is 0.0376 e. The van der Waals surface area contributed by atoms with Gasteiger partial charge in [0.15, 0.2) is 0 Å². The van der Waals surface area contributed by atoms with E-state index in [2.05, 4.69) is 41.8 Å². The van der Waals surface area contributed by atoms with Gasteiger partial charge in [-0.25, -0.2) is 0 Å². The van der Waals surface area contributed by atoms with E-state index in [-0.39, 0.29) is 0 Å². The van der Waals surface area contributed by atoms with Gasteiger partial charge in [0.25, 0.3) is 0 Å². The van der Waals surface area contributed by atoms with Gasteiger partial charge in [0.2, 0.25) is 0 Å². The molecule has 0 spiro atoms. The minimum Gasteiger partial charge on any atom is -0.385 e. The van der Waals surface area contributed by atoms with Crippen molar-refractivity contribution in [2.45, 2.75) is 32.1 Å². The van der Waals surface area contributed by atoms with Crippen molar-refractivity contribution in [3.63, 3.8) is 0 Å². The van der Waals surface area contributed by atoms with Crippen molar-refractivity contribution < 1.29 is 0 Å². The van der Waals surface area contributed by atoms with E-state index in [0.717, 1.165) is 24.9 Å². The summed E-state index contributed by atoms with van der Waals surface area (Å²) in [6, 6.07) is 8.76. The average molecular weight is 244 g/mol. The van der Waals surface area contributed by atoms with Crippen molar-refractivity contribution in [2.75, 3.05) is 25.0 Å². The van der Waals surface area contributed by atoms with Gasteiger partial charge >= 0.3 is 0 Å². The van der Waals surface area contributed by atoms with E-state index in [9.17, 15) is 0 Å². The first kappa shape index (κ1) is 12.0. The molecule has 1 fully saturated rings. The summed E-state index contributed by atoms with van der Waals surface area (Å²) in [5.74, 6) is 2.56. The van der Waals surface area contributed by atoms with Crippen LogP contribution < -0.4 is 10.6 Å². The van der Waals surface area contributed by atoms with E-state index in [0.29, 0.717) is 5.92 Å². The van der Waals surface area contributed by atoms with Gasteiger partial charge in [-0.1, -0.05) is 25.1 Å². The standard InChI is InChI=1S/C16H24N2/c1-12(13-6-7-13)10-17-11-14-8-9-18-16-5-3-2-4-15(14)16/h2-5,12-14,17-18H,6-11H2,1H3. The molecule has 1 aliphatic heterocycles. The van der Waals surface area contributed by atoms with Crippen LogP contribution in [0.2, 0.25) is 0 Å². The van der Waals surface area contributed by atoms with Gasteiger partial charge in [-0.2, -0.15) is 0 Å². The molecule has 0 aromatic heterocycles. The SMILES string of the molecule is CC(CNCC1CCNc2ccccc21)C1CC1. The Kier molecular flexibility index (Phi) is 3.55. The number of hydrogen-bond donors (Lipinski definition) is 2. The minimum atomic E-state index is 0.689. The van der Waals surface area contributed by atoms with Gasteiger partial charge in [-0.05, 0) is 49.3 Å². The highest BCUT2D eigenvalue weighted by molar-refractivity contribution is 5.54. The molecule has 2 unspecified atom stereocenters. The second-order valence-electron chi connectivity index (χ2n) is 5.97. The molecular formula is C16H24N2. The van der Waals surface area contributed by atoms with E-state index in [1.54, 1.807) is 0 Å². The van der Waals surface area contributed by atoms with E-state index < -0.39 is 0 Å². The zero-order valence-electron chi connectivity index (χ0n) is 11.3. The summed E-state index contributed by atoms with van der Waals surface area (Å²) >= 11 is 0. The third kappa shape index (κ3) is 2.69. The van der Waals surface area contributed by atoms with Crippen LogP contribution in [0.5, 0.6) is 0 Å². The highest BCUT2D eigenvalue weighted by atomic mass is 14.9. The number of benzene rings is 1. The molecule has 98 valence electrons. The molecule has 0 radical (unpaired) electrons. The Morgan fingerprint density at radius 3 is 2.94 bits per heavy atom. The summed E-state index contributed by atoms with van der Waals surface area (Å²) in [5.41, 5.74) is 2.83. The summed E-state index contributed by atoms with van der Waals surface area (Å²) < 4.78 is 0. The Labute approximate surface area is 110 Å². The first-order valence-corrected chi connectivity index (χ1v) is 7.38. The summed E-state index contributed by atoms with van der Waals surface area (Å²) in [4.78, 5) is 0. The van der Waals surface area contributed by atoms with Crippen LogP contribution in [-0.2, 0) is 0 Å². The molecule has 1 aromatic rings. The zero-order valence-corrected chi connectivity index (χ0v) is 11.3. The molecular weight excluding hydrogens is 220 g/mol. The molecule has 2 aliphatic rings. The number of hydrogen-bond acceptors (Lipinski definition) is 2. The van der Waals surface area contributed by atoms with E-state index in [4.69, 9.17) is 0 Å². The maximum absolute atomic E-state index is 3.69. The quantitative estimate of drug-likeness (QED) is 0.831. The van der Waals surface area contributed by atoms with Crippen LogP contribution in [0.15, 0.2) is 24.3 Å². The van der Waals surface area contributed by atoms with Crippen LogP contribution in [0.25, 0.3) is 0 Å². The molecule has 0 bridgehead atoms. The van der Waals surface area contributed by atoms with Crippen molar-refractivity contribution in [3.8, 4) is 0 Å². The topological polar surface area (TPSA) is 24.1 Å². The Bertz CT molecular complexity index is 398. The normalized spacial score (nSPS) is 24.2. The van der Waals surface area contributed by atoms with Gasteiger partial charge in [0.1, 0.15) is 0 Å². The molecule has 1 aromatic carbocycles. The predicted octanol–water partition coefficient (Wildman–Crippen LogP) is 3.22. The highest BCUT2D eigenvalue weighted by Crippen LogP contribution is 2.36. The largest absolute Gasteiger partial charge is 0.385 e. The molecule has 2 nitrogen and oxygen atoms in total. The van der Waals surface area contributed by atoms with Crippen molar-refractivity contribution in [1.29, 1.82) is 0 Å². The van der Waals surface area contributed by atoms with Crippen molar-refractivity contribution in [1.82, 2.24) is 5.32 Å². The van der Waals surface area contributed by atoms with E-state index >= 15 is 0 Å². The number of para-hydroxylation sites is 1. The van der Waals surface area contributed by atoms with E-state index in [1.165, 1.54) is 37.1 Å². The Balaban J connectivity index is 1.53. The molecule has 2 heteroatoms. The Morgan fingerprint density at radius 2 is 2.11 bits per heavy atom. The first-order chi connectivity index (χ1) is 8.84. The lowest BCUT2D eigenvalue weighted by atomic mass is 9.91. The van der Waals surface area contributed by atoms with Crippen LogP contribution in [0, 0.1) is 11.8 Å². The molecule has 1 aliphatic carbocycles. The number of anilines is 1. The highest BCUT2D eigenvalue weighted by Gasteiger charge is 2.27. The summed E-state index contributed by atoms with van der Waals surface area (Å²) in [6.45, 7) is 5.83.